The van der Waals surface area contributed by atoms with E-state index in [4.69, 9.17) is 9.47 Å². The van der Waals surface area contributed by atoms with Gasteiger partial charge in [0.2, 0.25) is 0 Å². The predicted octanol–water partition coefficient (Wildman–Crippen LogP) is 5.00. The summed E-state index contributed by atoms with van der Waals surface area (Å²) >= 11 is 3.04. The van der Waals surface area contributed by atoms with Crippen LogP contribution in [0.3, 0.4) is 0 Å². The van der Waals surface area contributed by atoms with Gasteiger partial charge >= 0.3 is 0 Å². The second-order valence-corrected chi connectivity index (χ2v) is 9.67. The molecule has 1 amide bonds. The molecule has 5 aromatic rings. The molecule has 1 aliphatic heterocycles. The third-order valence-electron chi connectivity index (χ3n) is 5.43. The van der Waals surface area contributed by atoms with E-state index >= 15 is 0 Å². The van der Waals surface area contributed by atoms with Crippen LogP contribution >= 0.6 is 22.7 Å². The van der Waals surface area contributed by atoms with Crippen LogP contribution in [0.25, 0.3) is 22.3 Å². The number of aryl methyl sites for hydroxylation is 1. The van der Waals surface area contributed by atoms with Crippen molar-refractivity contribution in [3.05, 3.63) is 69.5 Å². The Morgan fingerprint density at radius 1 is 1.12 bits per heavy atom. The number of carbonyl (C=O) groups excluding carboxylic acids is 1. The average Bonchev–Trinajstić information content (AvgIpc) is 3.61. The molecular weight excluding hydrogens is 470 g/mol. The van der Waals surface area contributed by atoms with E-state index in [1.165, 1.54) is 16.2 Å². The van der Waals surface area contributed by atoms with Crippen LogP contribution in [-0.2, 0) is 6.54 Å². The minimum atomic E-state index is -0.241. The van der Waals surface area contributed by atoms with Crippen LogP contribution in [0.1, 0.15) is 20.9 Å². The number of rotatable bonds is 5. The van der Waals surface area contributed by atoms with Gasteiger partial charge in [0.1, 0.15) is 13.2 Å². The summed E-state index contributed by atoms with van der Waals surface area (Å²) in [5.74, 6) is 1.20. The average molecular weight is 490 g/mol. The number of thiophene rings is 1. The molecule has 0 radical (unpaired) electrons. The lowest BCUT2D eigenvalue weighted by Gasteiger charge is -2.18. The van der Waals surface area contributed by atoms with Crippen LogP contribution in [-0.4, -0.2) is 38.9 Å². The highest BCUT2D eigenvalue weighted by Crippen LogP contribution is 2.35. The molecule has 10 heteroatoms. The Hall–Kier alpha value is -3.76. The second-order valence-electron chi connectivity index (χ2n) is 7.78. The molecule has 1 aromatic carbocycles. The molecule has 1 N–H and O–H groups in total. The van der Waals surface area contributed by atoms with Gasteiger partial charge in [0, 0.05) is 21.5 Å². The number of nitrogens with one attached hydrogen (secondary N) is 1. The number of amides is 1. The fourth-order valence-corrected chi connectivity index (χ4v) is 5.26. The molecule has 8 nitrogen and oxygen atoms in total. The van der Waals surface area contributed by atoms with Crippen LogP contribution in [0.5, 0.6) is 11.5 Å². The van der Waals surface area contributed by atoms with Gasteiger partial charge in [-0.25, -0.2) is 14.6 Å². The first-order valence-electron chi connectivity index (χ1n) is 10.7. The number of hydrogen-bond donors (Lipinski definition) is 1. The Kier molecular flexibility index (Phi) is 5.23. The highest BCUT2D eigenvalue weighted by molar-refractivity contribution is 7.14. The molecule has 6 rings (SSSR count). The van der Waals surface area contributed by atoms with Gasteiger partial charge in [0.25, 0.3) is 5.91 Å². The van der Waals surface area contributed by atoms with Crippen molar-refractivity contribution < 1.29 is 14.3 Å². The normalized spacial score (nSPS) is 12.7. The minimum Gasteiger partial charge on any atom is -0.486 e. The monoisotopic (exact) mass is 489 g/mol. The van der Waals surface area contributed by atoms with E-state index in [0.717, 1.165) is 22.7 Å². The Balaban J connectivity index is 1.26. The first-order chi connectivity index (χ1) is 16.6. The maximum atomic E-state index is 13.2. The number of thiazole rings is 1. The summed E-state index contributed by atoms with van der Waals surface area (Å²) in [6.07, 6.45) is 1.70. The van der Waals surface area contributed by atoms with Gasteiger partial charge in [-0.15, -0.1) is 22.7 Å². The van der Waals surface area contributed by atoms with E-state index in [1.54, 1.807) is 23.6 Å². The van der Waals surface area contributed by atoms with Crippen LogP contribution in [0, 0.1) is 6.92 Å². The van der Waals surface area contributed by atoms with E-state index in [0.29, 0.717) is 47.2 Å². The van der Waals surface area contributed by atoms with Crippen LogP contribution < -0.4 is 14.8 Å². The Labute approximate surface area is 202 Å². The third kappa shape index (κ3) is 3.91. The summed E-state index contributed by atoms with van der Waals surface area (Å²) in [6, 6.07) is 11.6. The Morgan fingerprint density at radius 2 is 2.00 bits per heavy atom. The molecule has 0 fully saturated rings. The smallest absolute Gasteiger partial charge is 0.258 e. The zero-order valence-corrected chi connectivity index (χ0v) is 19.8. The molecule has 0 saturated carbocycles. The van der Waals surface area contributed by atoms with Gasteiger partial charge in [0.15, 0.2) is 22.3 Å². The number of aromatic nitrogens is 4. The molecule has 0 atom stereocenters. The van der Waals surface area contributed by atoms with E-state index in [9.17, 15) is 4.79 Å². The van der Waals surface area contributed by atoms with Gasteiger partial charge in [-0.1, -0.05) is 6.07 Å². The molecule has 170 valence electrons. The van der Waals surface area contributed by atoms with Crippen molar-refractivity contribution in [1.29, 1.82) is 0 Å². The minimum absolute atomic E-state index is 0.241. The zero-order chi connectivity index (χ0) is 23.1. The predicted molar refractivity (Wildman–Crippen MR) is 132 cm³/mol. The highest BCUT2D eigenvalue weighted by Gasteiger charge is 2.18. The molecule has 0 saturated heterocycles. The van der Waals surface area contributed by atoms with Crippen molar-refractivity contribution in [2.45, 2.75) is 13.5 Å². The van der Waals surface area contributed by atoms with Crippen molar-refractivity contribution >= 4 is 44.7 Å². The maximum absolute atomic E-state index is 13.2. The van der Waals surface area contributed by atoms with Crippen molar-refractivity contribution in [1.82, 2.24) is 19.7 Å². The lowest BCUT2D eigenvalue weighted by atomic mass is 10.1. The van der Waals surface area contributed by atoms with Crippen molar-refractivity contribution in [3.63, 3.8) is 0 Å². The Bertz CT molecular complexity index is 1510. The lowest BCUT2D eigenvalue weighted by molar-refractivity contribution is 0.102. The molecule has 0 unspecified atom stereocenters. The summed E-state index contributed by atoms with van der Waals surface area (Å²) < 4.78 is 13.1. The van der Waals surface area contributed by atoms with Crippen molar-refractivity contribution in [2.75, 3.05) is 18.5 Å². The quantitative estimate of drug-likeness (QED) is 0.374. The van der Waals surface area contributed by atoms with Gasteiger partial charge in [-0.05, 0) is 42.6 Å². The van der Waals surface area contributed by atoms with E-state index in [1.807, 2.05) is 46.6 Å². The van der Waals surface area contributed by atoms with Crippen LogP contribution in [0.15, 0.2) is 53.4 Å². The van der Waals surface area contributed by atoms with Crippen LogP contribution in [0.2, 0.25) is 0 Å². The number of hydrogen-bond acceptors (Lipinski definition) is 8. The molecule has 0 aliphatic carbocycles. The molecule has 4 aromatic heterocycles. The molecular formula is C24H19N5O3S2. The van der Waals surface area contributed by atoms with Gasteiger partial charge < -0.3 is 9.47 Å². The summed E-state index contributed by atoms with van der Waals surface area (Å²) in [6.45, 7) is 3.57. The van der Waals surface area contributed by atoms with Crippen molar-refractivity contribution in [2.24, 2.45) is 0 Å². The number of carbonyl (C=O) groups is 1. The lowest BCUT2D eigenvalue weighted by Crippen LogP contribution is -2.15. The number of fused-ring (bicyclic) bond motifs is 2. The Morgan fingerprint density at radius 3 is 2.85 bits per heavy atom. The van der Waals surface area contributed by atoms with Crippen LogP contribution in [0.4, 0.5) is 5.13 Å². The van der Waals surface area contributed by atoms with Gasteiger partial charge in [-0.3, -0.25) is 10.1 Å². The second kappa shape index (κ2) is 8.54. The molecule has 5 heterocycles. The summed E-state index contributed by atoms with van der Waals surface area (Å²) in [5, 5.41) is 12.6. The number of benzene rings is 1. The number of anilines is 1. The summed E-state index contributed by atoms with van der Waals surface area (Å²) in [7, 11) is 0. The van der Waals surface area contributed by atoms with E-state index in [-0.39, 0.29) is 5.91 Å². The molecule has 0 bridgehead atoms. The maximum Gasteiger partial charge on any atom is 0.258 e. The standard InChI is InChI=1S/C24H19N5O3S2/c1-14-9-17(18-11-25-29(22(18)26-14)12-16-3-2-8-33-16)23(30)28-24-27-19(13-34-24)15-4-5-20-21(10-15)32-7-6-31-20/h2-5,8-11,13H,6-7,12H2,1H3,(H,27,28,30). The third-order valence-corrected chi connectivity index (χ3v) is 7.05. The molecule has 34 heavy (non-hydrogen) atoms. The number of ether oxygens (including phenoxy) is 2. The first kappa shape index (κ1) is 20.8. The number of nitrogens with zero attached hydrogens (tertiary/aromatic N) is 4. The largest absolute Gasteiger partial charge is 0.486 e. The summed E-state index contributed by atoms with van der Waals surface area (Å²) in [4.78, 5) is 23.6. The van der Waals surface area contributed by atoms with E-state index < -0.39 is 0 Å². The molecule has 0 spiro atoms. The van der Waals surface area contributed by atoms with E-state index in [2.05, 4.69) is 26.4 Å². The van der Waals surface area contributed by atoms with Gasteiger partial charge in [0.05, 0.1) is 29.4 Å². The molecule has 1 aliphatic rings. The number of pyridine rings is 1. The van der Waals surface area contributed by atoms with Crippen molar-refractivity contribution in [3.8, 4) is 22.8 Å². The SMILES string of the molecule is Cc1cc(C(=O)Nc2nc(-c3ccc4c(c3)OCCO4)cs2)c2cnn(Cc3cccs3)c2n1. The fourth-order valence-electron chi connectivity index (χ4n) is 3.86. The first-order valence-corrected chi connectivity index (χ1v) is 12.4. The van der Waals surface area contributed by atoms with Gasteiger partial charge in [-0.2, -0.15) is 5.10 Å². The highest BCUT2D eigenvalue weighted by atomic mass is 32.1. The fraction of sp³-hybridized carbons (Fsp3) is 0.167. The summed E-state index contributed by atoms with van der Waals surface area (Å²) in [5.41, 5.74) is 3.63. The zero-order valence-electron chi connectivity index (χ0n) is 18.1. The topological polar surface area (TPSA) is 91.2 Å².